The Balaban J connectivity index is 1.84. The molecule has 1 heterocycles. The van der Waals surface area contributed by atoms with Crippen molar-refractivity contribution in [1.82, 2.24) is 10.3 Å². The van der Waals surface area contributed by atoms with Gasteiger partial charge in [-0.1, -0.05) is 13.8 Å². The highest BCUT2D eigenvalue weighted by Crippen LogP contribution is 2.20. The quantitative estimate of drug-likeness (QED) is 0.840. The van der Waals surface area contributed by atoms with Gasteiger partial charge in [-0.3, -0.25) is 0 Å². The predicted molar refractivity (Wildman–Crippen MR) is 87.2 cm³/mol. The first kappa shape index (κ1) is 16.7. The maximum Gasteiger partial charge on any atom is 0.319 e. The topological polar surface area (TPSA) is 63.2 Å². The number of benzene rings is 1. The van der Waals surface area contributed by atoms with E-state index >= 15 is 0 Å². The molecule has 6 heteroatoms. The van der Waals surface area contributed by atoms with Gasteiger partial charge in [-0.2, -0.15) is 0 Å². The molecule has 0 fully saturated rings. The normalized spacial score (nSPS) is 10.4. The number of hydrogen-bond donors (Lipinski definition) is 2. The van der Waals surface area contributed by atoms with Crippen LogP contribution in [0.1, 0.15) is 20.3 Å². The number of pyridine rings is 1. The molecule has 0 atom stereocenters. The summed E-state index contributed by atoms with van der Waals surface area (Å²) in [5.74, 6) is 1.07. The standard InChI is InChI=1S/C17H20FN3O2/c1-12(2)9-10-19-17(22)21-14-5-8-16(20-11-14)23-15-6-3-13(18)4-7-15/h3-8,11-12H,9-10H2,1-2H3,(H2,19,21,22). The summed E-state index contributed by atoms with van der Waals surface area (Å²) in [7, 11) is 0. The zero-order valence-electron chi connectivity index (χ0n) is 13.2. The Morgan fingerprint density at radius 2 is 1.96 bits per heavy atom. The van der Waals surface area contributed by atoms with Gasteiger partial charge < -0.3 is 15.4 Å². The summed E-state index contributed by atoms with van der Waals surface area (Å²) < 4.78 is 18.3. The van der Waals surface area contributed by atoms with Gasteiger partial charge in [0.25, 0.3) is 0 Å². The number of carbonyl (C=O) groups excluding carboxylic acids is 1. The zero-order valence-corrected chi connectivity index (χ0v) is 13.2. The number of rotatable bonds is 6. The second kappa shape index (κ2) is 8.12. The third kappa shape index (κ3) is 5.94. The largest absolute Gasteiger partial charge is 0.439 e. The maximum absolute atomic E-state index is 12.8. The van der Waals surface area contributed by atoms with Crippen LogP contribution in [-0.2, 0) is 0 Å². The molecule has 2 rings (SSSR count). The van der Waals surface area contributed by atoms with E-state index in [1.807, 2.05) is 0 Å². The van der Waals surface area contributed by atoms with Gasteiger partial charge in [0, 0.05) is 12.6 Å². The first-order valence-electron chi connectivity index (χ1n) is 7.47. The fraction of sp³-hybridized carbons (Fsp3) is 0.294. The summed E-state index contributed by atoms with van der Waals surface area (Å²) in [6.07, 6.45) is 2.43. The average Bonchev–Trinajstić information content (AvgIpc) is 2.51. The van der Waals surface area contributed by atoms with Gasteiger partial charge in [0.1, 0.15) is 11.6 Å². The van der Waals surface area contributed by atoms with Crippen molar-refractivity contribution in [3.8, 4) is 11.6 Å². The minimum absolute atomic E-state index is 0.264. The number of amides is 2. The number of anilines is 1. The van der Waals surface area contributed by atoms with Gasteiger partial charge in [0.05, 0.1) is 11.9 Å². The van der Waals surface area contributed by atoms with Crippen LogP contribution in [0.3, 0.4) is 0 Å². The first-order valence-corrected chi connectivity index (χ1v) is 7.47. The Morgan fingerprint density at radius 3 is 2.57 bits per heavy atom. The number of aromatic nitrogens is 1. The SMILES string of the molecule is CC(C)CCNC(=O)Nc1ccc(Oc2ccc(F)cc2)nc1. The Labute approximate surface area is 134 Å². The second-order valence-electron chi connectivity index (χ2n) is 5.50. The van der Waals surface area contributed by atoms with Crippen LogP contribution >= 0.6 is 0 Å². The fourth-order valence-corrected chi connectivity index (χ4v) is 1.79. The predicted octanol–water partition coefficient (Wildman–Crippen LogP) is 4.18. The lowest BCUT2D eigenvalue weighted by Crippen LogP contribution is -2.30. The first-order chi connectivity index (χ1) is 11.0. The van der Waals surface area contributed by atoms with Gasteiger partial charge in [-0.05, 0) is 42.7 Å². The summed E-state index contributed by atoms with van der Waals surface area (Å²) in [5, 5.41) is 5.47. The van der Waals surface area contributed by atoms with E-state index in [-0.39, 0.29) is 11.8 Å². The van der Waals surface area contributed by atoms with E-state index in [9.17, 15) is 9.18 Å². The van der Waals surface area contributed by atoms with E-state index in [1.165, 1.54) is 30.5 Å². The number of ether oxygens (including phenoxy) is 1. The highest BCUT2D eigenvalue weighted by Gasteiger charge is 2.04. The summed E-state index contributed by atoms with van der Waals surface area (Å²) in [6.45, 7) is 4.83. The summed E-state index contributed by atoms with van der Waals surface area (Å²) in [6, 6.07) is 8.72. The molecule has 0 spiro atoms. The van der Waals surface area contributed by atoms with Crippen molar-refractivity contribution in [3.05, 3.63) is 48.4 Å². The molecule has 1 aromatic carbocycles. The highest BCUT2D eigenvalue weighted by molar-refractivity contribution is 5.88. The monoisotopic (exact) mass is 317 g/mol. The van der Waals surface area contributed by atoms with E-state index in [0.29, 0.717) is 29.8 Å². The molecule has 23 heavy (non-hydrogen) atoms. The van der Waals surface area contributed by atoms with E-state index in [0.717, 1.165) is 6.42 Å². The van der Waals surface area contributed by atoms with Crippen molar-refractivity contribution < 1.29 is 13.9 Å². The number of nitrogens with zero attached hydrogens (tertiary/aromatic N) is 1. The molecular weight excluding hydrogens is 297 g/mol. The number of nitrogens with one attached hydrogen (secondary N) is 2. The van der Waals surface area contributed by atoms with Gasteiger partial charge in [-0.25, -0.2) is 14.2 Å². The van der Waals surface area contributed by atoms with Crippen molar-refractivity contribution in [2.24, 2.45) is 5.92 Å². The summed E-state index contributed by atoms with van der Waals surface area (Å²) in [5.41, 5.74) is 0.568. The van der Waals surface area contributed by atoms with Crippen molar-refractivity contribution >= 4 is 11.7 Å². The van der Waals surface area contributed by atoms with Crippen LogP contribution in [0.15, 0.2) is 42.6 Å². The maximum atomic E-state index is 12.8. The van der Waals surface area contributed by atoms with Crippen LogP contribution < -0.4 is 15.4 Å². The van der Waals surface area contributed by atoms with Crippen molar-refractivity contribution in [2.45, 2.75) is 20.3 Å². The van der Waals surface area contributed by atoms with Crippen LogP contribution in [0, 0.1) is 11.7 Å². The van der Waals surface area contributed by atoms with Crippen LogP contribution in [-0.4, -0.2) is 17.6 Å². The Kier molecular flexibility index (Phi) is 5.91. The molecule has 0 bridgehead atoms. The van der Waals surface area contributed by atoms with Gasteiger partial charge in [0.2, 0.25) is 5.88 Å². The molecule has 0 aliphatic rings. The molecule has 0 saturated carbocycles. The van der Waals surface area contributed by atoms with E-state index in [2.05, 4.69) is 29.5 Å². The van der Waals surface area contributed by atoms with E-state index in [4.69, 9.17) is 4.74 Å². The van der Waals surface area contributed by atoms with E-state index < -0.39 is 0 Å². The Morgan fingerprint density at radius 1 is 1.22 bits per heavy atom. The number of hydrogen-bond acceptors (Lipinski definition) is 3. The molecule has 0 unspecified atom stereocenters. The molecule has 0 radical (unpaired) electrons. The van der Waals surface area contributed by atoms with Crippen molar-refractivity contribution in [3.63, 3.8) is 0 Å². The molecule has 5 nitrogen and oxygen atoms in total. The molecule has 0 aliphatic carbocycles. The molecule has 0 saturated heterocycles. The molecule has 1 aromatic heterocycles. The molecule has 0 aliphatic heterocycles. The van der Waals surface area contributed by atoms with Crippen LogP contribution in [0.5, 0.6) is 11.6 Å². The molecule has 2 N–H and O–H groups in total. The minimum atomic E-state index is -0.326. The lowest BCUT2D eigenvalue weighted by Gasteiger charge is -2.09. The highest BCUT2D eigenvalue weighted by atomic mass is 19.1. The van der Waals surface area contributed by atoms with Gasteiger partial charge >= 0.3 is 6.03 Å². The Hall–Kier alpha value is -2.63. The smallest absolute Gasteiger partial charge is 0.319 e. The lowest BCUT2D eigenvalue weighted by atomic mass is 10.1. The molecule has 2 amide bonds. The Bertz CT molecular complexity index is 627. The third-order valence-corrected chi connectivity index (χ3v) is 3.04. The van der Waals surface area contributed by atoms with Crippen molar-refractivity contribution in [1.29, 1.82) is 0 Å². The fourth-order valence-electron chi connectivity index (χ4n) is 1.79. The lowest BCUT2D eigenvalue weighted by molar-refractivity contribution is 0.251. The molecular formula is C17H20FN3O2. The van der Waals surface area contributed by atoms with Gasteiger partial charge in [0.15, 0.2) is 0 Å². The third-order valence-electron chi connectivity index (χ3n) is 3.04. The molecule has 2 aromatic rings. The van der Waals surface area contributed by atoms with Crippen molar-refractivity contribution in [2.75, 3.05) is 11.9 Å². The average molecular weight is 317 g/mol. The second-order valence-corrected chi connectivity index (χ2v) is 5.50. The number of halogens is 1. The minimum Gasteiger partial charge on any atom is -0.439 e. The number of urea groups is 1. The number of carbonyl (C=O) groups is 1. The van der Waals surface area contributed by atoms with E-state index in [1.54, 1.807) is 12.1 Å². The molecule has 122 valence electrons. The van der Waals surface area contributed by atoms with Crippen LogP contribution in [0.25, 0.3) is 0 Å². The zero-order chi connectivity index (χ0) is 16.7. The summed E-state index contributed by atoms with van der Waals surface area (Å²) in [4.78, 5) is 15.8. The van der Waals surface area contributed by atoms with Gasteiger partial charge in [-0.15, -0.1) is 0 Å². The van der Waals surface area contributed by atoms with Crippen LogP contribution in [0.2, 0.25) is 0 Å². The summed E-state index contributed by atoms with van der Waals surface area (Å²) >= 11 is 0. The van der Waals surface area contributed by atoms with Crippen LogP contribution in [0.4, 0.5) is 14.9 Å².